The number of methoxy groups -OCH3 is 2. The summed E-state index contributed by atoms with van der Waals surface area (Å²) in [5.41, 5.74) is 2.94. The van der Waals surface area contributed by atoms with E-state index < -0.39 is 0 Å². The summed E-state index contributed by atoms with van der Waals surface area (Å²) in [7, 11) is 2.70. The van der Waals surface area contributed by atoms with Gasteiger partial charge in [-0.15, -0.1) is 0 Å². The number of nitrogens with one attached hydrogen (secondary N) is 1. The van der Waals surface area contributed by atoms with Crippen LogP contribution < -0.4 is 5.32 Å². The third kappa shape index (κ3) is 6.54. The number of hydrogen-bond acceptors (Lipinski definition) is 5. The van der Waals surface area contributed by atoms with Crippen LogP contribution in [0.3, 0.4) is 0 Å². The van der Waals surface area contributed by atoms with Crippen molar-refractivity contribution in [2.75, 3.05) is 20.8 Å². The molecule has 0 saturated heterocycles. The summed E-state index contributed by atoms with van der Waals surface area (Å²) in [5.74, 6) is -0.712. The Morgan fingerprint density at radius 2 is 1.48 bits per heavy atom. The van der Waals surface area contributed by atoms with Gasteiger partial charge >= 0.3 is 0 Å². The Kier molecular flexibility index (Phi) is 8.20. The number of benzene rings is 1. The molecule has 0 bridgehead atoms. The van der Waals surface area contributed by atoms with Crippen LogP contribution in [0.25, 0.3) is 0 Å². The van der Waals surface area contributed by atoms with Crippen molar-refractivity contribution in [2.24, 2.45) is 5.41 Å². The van der Waals surface area contributed by atoms with Crippen LogP contribution in [0, 0.1) is 5.41 Å². The SMILES string of the molecule is COC1=C(OC)C(=O)C(Cc2ccc(CCC(=O)NCCC(C)(C)C)cc2)=C(C)C1=O. The third-order valence-electron chi connectivity index (χ3n) is 5.34. The molecule has 0 saturated carbocycles. The lowest BCUT2D eigenvalue weighted by Crippen LogP contribution is -2.27. The van der Waals surface area contributed by atoms with Crippen molar-refractivity contribution in [3.8, 4) is 0 Å². The lowest BCUT2D eigenvalue weighted by Gasteiger charge is -2.20. The van der Waals surface area contributed by atoms with Crippen LogP contribution in [0.15, 0.2) is 46.9 Å². The Labute approximate surface area is 184 Å². The fraction of sp³-hybridized carbons (Fsp3) is 0.480. The zero-order valence-electron chi connectivity index (χ0n) is 19.4. The Morgan fingerprint density at radius 1 is 0.935 bits per heavy atom. The molecule has 0 fully saturated rings. The zero-order chi connectivity index (χ0) is 23.2. The van der Waals surface area contributed by atoms with Gasteiger partial charge in [-0.25, -0.2) is 0 Å². The first-order chi connectivity index (χ1) is 14.6. The van der Waals surface area contributed by atoms with Crippen LogP contribution in [0.1, 0.15) is 51.7 Å². The van der Waals surface area contributed by atoms with Crippen LogP contribution in [0.2, 0.25) is 0 Å². The smallest absolute Gasteiger partial charge is 0.228 e. The van der Waals surface area contributed by atoms with Crippen molar-refractivity contribution >= 4 is 17.5 Å². The summed E-state index contributed by atoms with van der Waals surface area (Å²) in [4.78, 5) is 37.3. The van der Waals surface area contributed by atoms with Gasteiger partial charge in [-0.05, 0) is 36.3 Å². The standard InChI is InChI=1S/C25H33NO5/c1-16-19(22(29)24(31-6)23(30-5)21(16)28)15-18-9-7-17(8-10-18)11-12-20(27)26-14-13-25(2,3)4/h7-10H,11-15H2,1-6H3,(H,26,27). The van der Waals surface area contributed by atoms with Gasteiger partial charge in [0.05, 0.1) is 14.2 Å². The molecular formula is C25H33NO5. The number of ketones is 2. The number of carbonyl (C=O) groups is 3. The molecule has 1 aliphatic carbocycles. The molecule has 31 heavy (non-hydrogen) atoms. The average molecular weight is 428 g/mol. The summed E-state index contributed by atoms with van der Waals surface area (Å²) in [5, 5.41) is 2.97. The number of ether oxygens (including phenoxy) is 2. The first-order valence-electron chi connectivity index (χ1n) is 10.5. The summed E-state index contributed by atoms with van der Waals surface area (Å²) in [6.45, 7) is 8.77. The van der Waals surface area contributed by atoms with Crippen molar-refractivity contribution < 1.29 is 23.9 Å². The number of allylic oxidation sites excluding steroid dienone is 2. The third-order valence-corrected chi connectivity index (χ3v) is 5.34. The topological polar surface area (TPSA) is 81.7 Å². The molecule has 6 nitrogen and oxygen atoms in total. The summed E-state index contributed by atoms with van der Waals surface area (Å²) < 4.78 is 10.2. The summed E-state index contributed by atoms with van der Waals surface area (Å²) >= 11 is 0. The minimum Gasteiger partial charge on any atom is -0.489 e. The molecule has 0 unspecified atom stereocenters. The molecule has 0 atom stereocenters. The molecule has 0 aromatic heterocycles. The minimum absolute atomic E-state index is 0.0493. The van der Waals surface area contributed by atoms with Crippen LogP contribution in [-0.2, 0) is 36.7 Å². The van der Waals surface area contributed by atoms with Crippen molar-refractivity contribution in [1.82, 2.24) is 5.32 Å². The highest BCUT2D eigenvalue weighted by molar-refractivity contribution is 6.23. The molecule has 1 amide bonds. The molecule has 6 heteroatoms. The largest absolute Gasteiger partial charge is 0.489 e. The van der Waals surface area contributed by atoms with Gasteiger partial charge in [0.1, 0.15) is 0 Å². The highest BCUT2D eigenvalue weighted by Gasteiger charge is 2.34. The van der Waals surface area contributed by atoms with Gasteiger partial charge in [0.25, 0.3) is 0 Å². The van der Waals surface area contributed by atoms with Gasteiger partial charge in [-0.2, -0.15) is 0 Å². The van der Waals surface area contributed by atoms with Crippen molar-refractivity contribution in [3.05, 3.63) is 58.1 Å². The predicted molar refractivity (Wildman–Crippen MR) is 119 cm³/mol. The lowest BCUT2D eigenvalue weighted by molar-refractivity contribution is -0.121. The molecule has 1 aliphatic rings. The zero-order valence-corrected chi connectivity index (χ0v) is 19.4. The molecule has 168 valence electrons. The van der Waals surface area contributed by atoms with E-state index in [4.69, 9.17) is 9.47 Å². The van der Waals surface area contributed by atoms with E-state index in [0.29, 0.717) is 37.0 Å². The van der Waals surface area contributed by atoms with Gasteiger partial charge in [0, 0.05) is 30.5 Å². The predicted octanol–water partition coefficient (Wildman–Crippen LogP) is 3.69. The Bertz CT molecular complexity index is 901. The Hall–Kier alpha value is -2.89. The van der Waals surface area contributed by atoms with Crippen molar-refractivity contribution in [3.63, 3.8) is 0 Å². The lowest BCUT2D eigenvalue weighted by atomic mass is 9.88. The van der Waals surface area contributed by atoms with Gasteiger partial charge < -0.3 is 14.8 Å². The Balaban J connectivity index is 1.97. The highest BCUT2D eigenvalue weighted by Crippen LogP contribution is 2.28. The van der Waals surface area contributed by atoms with Gasteiger partial charge in [0.2, 0.25) is 29.0 Å². The maximum atomic E-state index is 12.8. The van der Waals surface area contributed by atoms with E-state index in [-0.39, 0.29) is 34.4 Å². The number of hydrogen-bond donors (Lipinski definition) is 1. The molecule has 0 heterocycles. The van der Waals surface area contributed by atoms with E-state index in [1.54, 1.807) is 6.92 Å². The van der Waals surface area contributed by atoms with Crippen LogP contribution in [0.5, 0.6) is 0 Å². The number of aryl methyl sites for hydroxylation is 1. The van der Waals surface area contributed by atoms with Gasteiger partial charge in [-0.1, -0.05) is 45.0 Å². The minimum atomic E-state index is -0.331. The molecule has 0 spiro atoms. The quantitative estimate of drug-likeness (QED) is 0.608. The molecule has 1 aromatic carbocycles. The maximum absolute atomic E-state index is 12.8. The van der Waals surface area contributed by atoms with Gasteiger partial charge in [0.15, 0.2) is 0 Å². The van der Waals surface area contributed by atoms with E-state index in [9.17, 15) is 14.4 Å². The molecule has 0 aliphatic heterocycles. The van der Waals surface area contributed by atoms with E-state index in [0.717, 1.165) is 17.5 Å². The van der Waals surface area contributed by atoms with E-state index in [1.807, 2.05) is 24.3 Å². The van der Waals surface area contributed by atoms with E-state index >= 15 is 0 Å². The molecule has 2 rings (SSSR count). The Morgan fingerprint density at radius 3 is 2.03 bits per heavy atom. The van der Waals surface area contributed by atoms with Crippen LogP contribution in [0.4, 0.5) is 0 Å². The summed E-state index contributed by atoms with van der Waals surface area (Å²) in [6, 6.07) is 7.76. The maximum Gasteiger partial charge on any atom is 0.228 e. The number of rotatable bonds is 9. The normalized spacial score (nSPS) is 14.8. The second-order valence-electron chi connectivity index (χ2n) is 8.98. The average Bonchev–Trinajstić information content (AvgIpc) is 2.72. The van der Waals surface area contributed by atoms with Crippen LogP contribution >= 0.6 is 0 Å². The van der Waals surface area contributed by atoms with Gasteiger partial charge in [-0.3, -0.25) is 14.4 Å². The second-order valence-corrected chi connectivity index (χ2v) is 8.98. The first-order valence-corrected chi connectivity index (χ1v) is 10.5. The van der Waals surface area contributed by atoms with Crippen molar-refractivity contribution in [2.45, 2.75) is 53.4 Å². The molecular weight excluding hydrogens is 394 g/mol. The molecule has 0 radical (unpaired) electrons. The number of Topliss-reactive ketones (excluding diaryl/α,β-unsaturated/α-hetero) is 2. The number of carbonyl (C=O) groups excluding carboxylic acids is 3. The molecule has 1 aromatic rings. The highest BCUT2D eigenvalue weighted by atomic mass is 16.5. The first kappa shape index (κ1) is 24.4. The fourth-order valence-corrected chi connectivity index (χ4v) is 3.36. The monoisotopic (exact) mass is 427 g/mol. The fourth-order valence-electron chi connectivity index (χ4n) is 3.36. The summed E-state index contributed by atoms with van der Waals surface area (Å²) in [6.07, 6.45) is 2.35. The van der Waals surface area contributed by atoms with E-state index in [2.05, 4.69) is 26.1 Å². The second kappa shape index (κ2) is 10.4. The van der Waals surface area contributed by atoms with Crippen LogP contribution in [-0.4, -0.2) is 38.2 Å². The van der Waals surface area contributed by atoms with Crippen molar-refractivity contribution in [1.29, 1.82) is 0 Å². The molecule has 1 N–H and O–H groups in total. The number of amides is 1. The van der Waals surface area contributed by atoms with E-state index in [1.165, 1.54) is 14.2 Å².